The van der Waals surface area contributed by atoms with Crippen LogP contribution in [-0.2, 0) is 5.41 Å². The number of para-hydroxylation sites is 1. The lowest BCUT2D eigenvalue weighted by Gasteiger charge is -2.35. The molecule has 1 aliphatic rings. The van der Waals surface area contributed by atoms with Crippen molar-refractivity contribution in [3.8, 4) is 5.75 Å². The van der Waals surface area contributed by atoms with Gasteiger partial charge in [-0.3, -0.25) is 0 Å². The van der Waals surface area contributed by atoms with Gasteiger partial charge in [-0.1, -0.05) is 39.0 Å². The summed E-state index contributed by atoms with van der Waals surface area (Å²) in [5.41, 5.74) is 1.45. The van der Waals surface area contributed by atoms with Crippen molar-refractivity contribution in [3.05, 3.63) is 29.8 Å². The lowest BCUT2D eigenvalue weighted by atomic mass is 9.86. The minimum Gasteiger partial charge on any atom is -0.490 e. The van der Waals surface area contributed by atoms with E-state index in [2.05, 4.69) is 63.8 Å². The van der Waals surface area contributed by atoms with Gasteiger partial charge in [0.2, 0.25) is 0 Å². The average Bonchev–Trinajstić information content (AvgIpc) is 2.38. The Kier molecular flexibility index (Phi) is 4.74. The third-order valence-corrected chi connectivity index (χ3v) is 4.20. The first-order valence-electron chi connectivity index (χ1n) is 7.88. The molecule has 1 fully saturated rings. The number of likely N-dealkylation sites (tertiary alicyclic amines) is 1. The van der Waals surface area contributed by atoms with E-state index in [-0.39, 0.29) is 5.41 Å². The van der Waals surface area contributed by atoms with Gasteiger partial charge in [0.15, 0.2) is 0 Å². The van der Waals surface area contributed by atoms with E-state index in [1.54, 1.807) is 0 Å². The Bertz CT molecular complexity index is 425. The van der Waals surface area contributed by atoms with Crippen LogP contribution in [0.3, 0.4) is 0 Å². The Morgan fingerprint density at radius 2 is 1.70 bits per heavy atom. The smallest absolute Gasteiger partial charge is 0.123 e. The van der Waals surface area contributed by atoms with E-state index in [0.717, 1.165) is 31.7 Å². The fourth-order valence-corrected chi connectivity index (χ4v) is 2.88. The summed E-state index contributed by atoms with van der Waals surface area (Å²) in [6.07, 6.45) is 2.64. The molecule has 0 amide bonds. The summed E-state index contributed by atoms with van der Waals surface area (Å²) in [4.78, 5) is 2.54. The van der Waals surface area contributed by atoms with E-state index in [1.165, 1.54) is 5.56 Å². The van der Waals surface area contributed by atoms with Gasteiger partial charge in [-0.05, 0) is 43.7 Å². The molecular weight excluding hydrogens is 246 g/mol. The molecule has 0 aromatic heterocycles. The Hall–Kier alpha value is -1.02. The zero-order valence-corrected chi connectivity index (χ0v) is 13.6. The molecule has 0 radical (unpaired) electrons. The first-order valence-corrected chi connectivity index (χ1v) is 7.88. The summed E-state index contributed by atoms with van der Waals surface area (Å²) in [6, 6.07) is 9.15. The summed E-state index contributed by atoms with van der Waals surface area (Å²) in [6.45, 7) is 13.6. The molecule has 1 aromatic carbocycles. The maximum atomic E-state index is 6.31. The third-order valence-electron chi connectivity index (χ3n) is 4.20. The monoisotopic (exact) mass is 275 g/mol. The molecule has 1 saturated heterocycles. The molecule has 0 atom stereocenters. The molecule has 1 aliphatic heterocycles. The van der Waals surface area contributed by atoms with Crippen LogP contribution in [-0.4, -0.2) is 30.1 Å². The maximum absolute atomic E-state index is 6.31. The van der Waals surface area contributed by atoms with Gasteiger partial charge in [0, 0.05) is 19.1 Å². The summed E-state index contributed by atoms with van der Waals surface area (Å²) in [7, 11) is 0. The fraction of sp³-hybridized carbons (Fsp3) is 0.667. The van der Waals surface area contributed by atoms with Gasteiger partial charge in [0.25, 0.3) is 0 Å². The minimum absolute atomic E-state index is 0.134. The quantitative estimate of drug-likeness (QED) is 0.818. The number of rotatable bonds is 3. The van der Waals surface area contributed by atoms with Gasteiger partial charge >= 0.3 is 0 Å². The minimum atomic E-state index is 0.134. The zero-order valence-electron chi connectivity index (χ0n) is 13.6. The van der Waals surface area contributed by atoms with Crippen molar-refractivity contribution in [3.63, 3.8) is 0 Å². The van der Waals surface area contributed by atoms with Crippen LogP contribution >= 0.6 is 0 Å². The molecule has 112 valence electrons. The molecular formula is C18H29NO. The first kappa shape index (κ1) is 15.4. The Morgan fingerprint density at radius 1 is 1.10 bits per heavy atom. The third kappa shape index (κ3) is 3.76. The molecule has 0 N–H and O–H groups in total. The molecule has 1 aromatic rings. The van der Waals surface area contributed by atoms with Crippen molar-refractivity contribution in [1.29, 1.82) is 0 Å². The predicted molar refractivity (Wildman–Crippen MR) is 85.5 cm³/mol. The number of ether oxygens (including phenoxy) is 1. The van der Waals surface area contributed by atoms with E-state index in [0.29, 0.717) is 12.1 Å². The van der Waals surface area contributed by atoms with Crippen LogP contribution < -0.4 is 4.74 Å². The number of hydrogen-bond acceptors (Lipinski definition) is 2. The first-order chi connectivity index (χ1) is 9.38. The van der Waals surface area contributed by atoms with Crippen molar-refractivity contribution in [2.75, 3.05) is 13.1 Å². The number of hydrogen-bond donors (Lipinski definition) is 0. The number of nitrogens with zero attached hydrogens (tertiary/aromatic N) is 1. The highest BCUT2D eigenvalue weighted by atomic mass is 16.5. The van der Waals surface area contributed by atoms with Crippen molar-refractivity contribution in [1.82, 2.24) is 4.90 Å². The van der Waals surface area contributed by atoms with Crippen LogP contribution in [0, 0.1) is 0 Å². The molecule has 20 heavy (non-hydrogen) atoms. The summed E-state index contributed by atoms with van der Waals surface area (Å²) < 4.78 is 6.31. The van der Waals surface area contributed by atoms with Crippen molar-refractivity contribution in [2.45, 2.75) is 65.0 Å². The van der Waals surface area contributed by atoms with Gasteiger partial charge in [-0.15, -0.1) is 0 Å². The maximum Gasteiger partial charge on any atom is 0.123 e. The number of benzene rings is 1. The highest BCUT2D eigenvalue weighted by Gasteiger charge is 2.24. The van der Waals surface area contributed by atoms with Crippen molar-refractivity contribution >= 4 is 0 Å². The topological polar surface area (TPSA) is 12.5 Å². The van der Waals surface area contributed by atoms with Crippen LogP contribution in [0.5, 0.6) is 5.75 Å². The largest absolute Gasteiger partial charge is 0.490 e. The molecule has 0 unspecified atom stereocenters. The second-order valence-corrected chi connectivity index (χ2v) is 7.19. The molecule has 0 bridgehead atoms. The van der Waals surface area contributed by atoms with Gasteiger partial charge < -0.3 is 9.64 Å². The molecule has 0 aliphatic carbocycles. The highest BCUT2D eigenvalue weighted by Crippen LogP contribution is 2.32. The predicted octanol–water partition coefficient (Wildman–Crippen LogP) is 4.24. The Labute approximate surface area is 124 Å². The van der Waals surface area contributed by atoms with Crippen LogP contribution in [0.1, 0.15) is 53.0 Å². The molecule has 0 spiro atoms. The standard InChI is InChI=1S/C18H29NO/c1-14(2)19-12-10-15(11-13-19)20-17-9-7-6-8-16(17)18(3,4)5/h6-9,14-15H,10-13H2,1-5H3. The van der Waals surface area contributed by atoms with Gasteiger partial charge in [0.05, 0.1) is 0 Å². The van der Waals surface area contributed by atoms with E-state index in [9.17, 15) is 0 Å². The number of piperidine rings is 1. The SMILES string of the molecule is CC(C)N1CCC(Oc2ccccc2C(C)(C)C)CC1. The fourth-order valence-electron chi connectivity index (χ4n) is 2.88. The van der Waals surface area contributed by atoms with E-state index in [4.69, 9.17) is 4.74 Å². The Morgan fingerprint density at radius 3 is 2.25 bits per heavy atom. The van der Waals surface area contributed by atoms with Crippen molar-refractivity contribution < 1.29 is 4.74 Å². The van der Waals surface area contributed by atoms with Crippen LogP contribution in [0.4, 0.5) is 0 Å². The van der Waals surface area contributed by atoms with Crippen LogP contribution in [0.25, 0.3) is 0 Å². The van der Waals surface area contributed by atoms with Gasteiger partial charge in [0.1, 0.15) is 11.9 Å². The average molecular weight is 275 g/mol. The second kappa shape index (κ2) is 6.17. The second-order valence-electron chi connectivity index (χ2n) is 7.19. The molecule has 2 heteroatoms. The molecule has 1 heterocycles. The van der Waals surface area contributed by atoms with E-state index < -0.39 is 0 Å². The van der Waals surface area contributed by atoms with Gasteiger partial charge in [-0.25, -0.2) is 0 Å². The van der Waals surface area contributed by atoms with E-state index in [1.807, 2.05) is 0 Å². The molecule has 0 saturated carbocycles. The highest BCUT2D eigenvalue weighted by molar-refractivity contribution is 5.38. The van der Waals surface area contributed by atoms with Gasteiger partial charge in [-0.2, -0.15) is 0 Å². The molecule has 2 rings (SSSR count). The Balaban J connectivity index is 2.02. The normalized spacial score (nSPS) is 18.5. The van der Waals surface area contributed by atoms with Crippen LogP contribution in [0.2, 0.25) is 0 Å². The lowest BCUT2D eigenvalue weighted by Crippen LogP contribution is -2.41. The van der Waals surface area contributed by atoms with E-state index >= 15 is 0 Å². The summed E-state index contributed by atoms with van der Waals surface area (Å²) in [5, 5.41) is 0. The summed E-state index contributed by atoms with van der Waals surface area (Å²) in [5.74, 6) is 1.07. The zero-order chi connectivity index (χ0) is 14.8. The lowest BCUT2D eigenvalue weighted by molar-refractivity contribution is 0.0830. The van der Waals surface area contributed by atoms with Crippen LogP contribution in [0.15, 0.2) is 24.3 Å². The summed E-state index contributed by atoms with van der Waals surface area (Å²) >= 11 is 0. The van der Waals surface area contributed by atoms with Crippen molar-refractivity contribution in [2.24, 2.45) is 0 Å². The molecule has 2 nitrogen and oxygen atoms in total.